The molecule has 0 aliphatic rings. The predicted octanol–water partition coefficient (Wildman–Crippen LogP) is 6.00. The second-order valence-electron chi connectivity index (χ2n) is 6.04. The number of nitrogens with zero attached hydrogens (tertiary/aromatic N) is 1. The van der Waals surface area contributed by atoms with E-state index in [1.54, 1.807) is 0 Å². The summed E-state index contributed by atoms with van der Waals surface area (Å²) < 4.78 is 5.48. The van der Waals surface area contributed by atoms with Gasteiger partial charge in [-0.2, -0.15) is 0 Å². The van der Waals surface area contributed by atoms with Gasteiger partial charge >= 0.3 is 0 Å². The number of aryl methyl sites for hydroxylation is 1. The topological polar surface area (TPSA) is 30.9 Å². The number of aromatic nitrogens is 1. The number of unbranched alkanes of at least 4 members (excludes halogenated alkanes) is 7. The Bertz CT molecular complexity index is 644. The summed E-state index contributed by atoms with van der Waals surface area (Å²) in [7, 11) is 0. The Morgan fingerprint density at radius 3 is 1.77 bits per heavy atom. The average molecular weight is 335 g/mol. The number of thiophene rings is 2. The van der Waals surface area contributed by atoms with Gasteiger partial charge in [0.05, 0.1) is 20.4 Å². The van der Waals surface area contributed by atoms with Gasteiger partial charge in [0.2, 0.25) is 0 Å². The lowest BCUT2D eigenvalue weighted by Gasteiger charge is -2.06. The second kappa shape index (κ2) is 8.14. The zero-order valence-corrected chi connectivity index (χ0v) is 14.9. The van der Waals surface area contributed by atoms with Gasteiger partial charge in [-0.05, 0) is 42.3 Å². The van der Waals surface area contributed by atoms with Crippen molar-refractivity contribution in [2.45, 2.75) is 57.9 Å². The summed E-state index contributed by atoms with van der Waals surface area (Å²) in [6.45, 7) is 2.02. The minimum atomic E-state index is 0.852. The molecule has 120 valence electrons. The van der Waals surface area contributed by atoms with E-state index in [0.717, 1.165) is 6.54 Å². The molecule has 0 amide bonds. The lowest BCUT2D eigenvalue weighted by molar-refractivity contribution is 0.550. The number of rotatable bonds is 10. The van der Waals surface area contributed by atoms with Crippen molar-refractivity contribution >= 4 is 43.1 Å². The van der Waals surface area contributed by atoms with E-state index in [2.05, 4.69) is 27.5 Å². The van der Waals surface area contributed by atoms with Crippen molar-refractivity contribution in [1.82, 2.24) is 4.57 Å². The summed E-state index contributed by atoms with van der Waals surface area (Å²) in [4.78, 5) is 0. The maximum absolute atomic E-state index is 5.52. The number of fused-ring (bicyclic) bond motifs is 3. The summed E-state index contributed by atoms with van der Waals surface area (Å²) in [6, 6.07) is 4.56. The summed E-state index contributed by atoms with van der Waals surface area (Å²) in [5, 5.41) is 4.45. The van der Waals surface area contributed by atoms with E-state index in [-0.39, 0.29) is 0 Å². The Morgan fingerprint density at radius 1 is 0.727 bits per heavy atom. The van der Waals surface area contributed by atoms with Crippen molar-refractivity contribution < 1.29 is 0 Å². The Hall–Kier alpha value is -0.840. The Kier molecular flexibility index (Phi) is 5.93. The molecular weight excluding hydrogens is 308 g/mol. The van der Waals surface area contributed by atoms with Crippen LogP contribution in [-0.4, -0.2) is 11.1 Å². The fourth-order valence-corrected chi connectivity index (χ4v) is 5.19. The Morgan fingerprint density at radius 2 is 1.23 bits per heavy atom. The lowest BCUT2D eigenvalue weighted by Crippen LogP contribution is -1.97. The van der Waals surface area contributed by atoms with Crippen LogP contribution < -0.4 is 5.73 Å². The van der Waals surface area contributed by atoms with Crippen LogP contribution in [0.3, 0.4) is 0 Å². The monoisotopic (exact) mass is 334 g/mol. The molecule has 0 fully saturated rings. The molecule has 0 aliphatic carbocycles. The van der Waals surface area contributed by atoms with Crippen molar-refractivity contribution in [2.75, 3.05) is 6.54 Å². The first kappa shape index (κ1) is 16.0. The molecule has 0 unspecified atom stereocenters. The fraction of sp³-hybridized carbons (Fsp3) is 0.556. The molecule has 3 heterocycles. The van der Waals surface area contributed by atoms with E-state index in [9.17, 15) is 0 Å². The molecular formula is C18H26N2S2. The maximum atomic E-state index is 5.52. The van der Waals surface area contributed by atoms with Gasteiger partial charge in [0.15, 0.2) is 0 Å². The maximum Gasteiger partial charge on any atom is 0.0700 e. The number of nitrogens with two attached hydrogens (primary N) is 1. The minimum Gasteiger partial charge on any atom is -0.339 e. The highest BCUT2D eigenvalue weighted by atomic mass is 32.1. The molecule has 2 N–H and O–H groups in total. The first-order chi connectivity index (χ1) is 10.9. The third-order valence-corrected chi connectivity index (χ3v) is 6.38. The van der Waals surface area contributed by atoms with Crippen LogP contribution >= 0.6 is 22.7 Å². The lowest BCUT2D eigenvalue weighted by atomic mass is 10.1. The molecule has 2 nitrogen and oxygen atoms in total. The SMILES string of the molecule is NCCCCCCCCCCn1c2ccsc2c2sccc21. The molecule has 4 heteroatoms. The molecule has 3 rings (SSSR count). The first-order valence-electron chi connectivity index (χ1n) is 8.55. The summed E-state index contributed by atoms with van der Waals surface area (Å²) in [6.07, 6.45) is 10.7. The van der Waals surface area contributed by atoms with Crippen LogP contribution in [0.25, 0.3) is 20.4 Å². The van der Waals surface area contributed by atoms with Crippen LogP contribution in [-0.2, 0) is 6.54 Å². The standard InChI is InChI=1S/C18H26N2S2/c19-11-7-5-3-1-2-4-6-8-12-20-15-9-13-21-17(15)18-16(20)10-14-22-18/h9-10,13-14H,1-8,11-12,19H2. The Balaban J connectivity index is 1.43. The summed E-state index contributed by atoms with van der Waals surface area (Å²) in [5.41, 5.74) is 8.39. The van der Waals surface area contributed by atoms with E-state index < -0.39 is 0 Å². The number of hydrogen-bond acceptors (Lipinski definition) is 3. The van der Waals surface area contributed by atoms with Gasteiger partial charge in [-0.25, -0.2) is 0 Å². The van der Waals surface area contributed by atoms with Crippen LogP contribution in [0.1, 0.15) is 51.4 Å². The van der Waals surface area contributed by atoms with Gasteiger partial charge in [0, 0.05) is 6.54 Å². The van der Waals surface area contributed by atoms with Gasteiger partial charge < -0.3 is 10.3 Å². The van der Waals surface area contributed by atoms with Crippen LogP contribution in [0, 0.1) is 0 Å². The molecule has 3 aromatic heterocycles. The molecule has 0 aliphatic heterocycles. The van der Waals surface area contributed by atoms with Crippen LogP contribution in [0.5, 0.6) is 0 Å². The second-order valence-corrected chi connectivity index (χ2v) is 7.87. The van der Waals surface area contributed by atoms with Crippen molar-refractivity contribution in [3.63, 3.8) is 0 Å². The zero-order valence-electron chi connectivity index (χ0n) is 13.2. The largest absolute Gasteiger partial charge is 0.339 e. The van der Waals surface area contributed by atoms with Gasteiger partial charge in [-0.1, -0.05) is 38.5 Å². The molecule has 0 bridgehead atoms. The van der Waals surface area contributed by atoms with Crippen LogP contribution in [0.2, 0.25) is 0 Å². The van der Waals surface area contributed by atoms with E-state index in [4.69, 9.17) is 5.73 Å². The molecule has 0 spiro atoms. The highest BCUT2D eigenvalue weighted by Gasteiger charge is 2.12. The van der Waals surface area contributed by atoms with Gasteiger partial charge in [-0.15, -0.1) is 22.7 Å². The average Bonchev–Trinajstić information content (AvgIpc) is 3.20. The van der Waals surface area contributed by atoms with E-state index >= 15 is 0 Å². The molecule has 0 radical (unpaired) electrons. The molecule has 3 aromatic rings. The normalized spacial score (nSPS) is 11.9. The van der Waals surface area contributed by atoms with Crippen molar-refractivity contribution in [2.24, 2.45) is 5.73 Å². The fourth-order valence-electron chi connectivity index (χ4n) is 3.22. The molecule has 0 saturated carbocycles. The van der Waals surface area contributed by atoms with Gasteiger partial charge in [-0.3, -0.25) is 0 Å². The molecule has 22 heavy (non-hydrogen) atoms. The third-order valence-electron chi connectivity index (χ3n) is 4.41. The summed E-state index contributed by atoms with van der Waals surface area (Å²) in [5.74, 6) is 0. The van der Waals surface area contributed by atoms with Crippen molar-refractivity contribution in [3.05, 3.63) is 22.9 Å². The van der Waals surface area contributed by atoms with Crippen LogP contribution in [0.15, 0.2) is 22.9 Å². The summed E-state index contributed by atoms with van der Waals surface area (Å²) >= 11 is 3.76. The van der Waals surface area contributed by atoms with Crippen molar-refractivity contribution in [3.8, 4) is 0 Å². The third kappa shape index (κ3) is 3.55. The van der Waals surface area contributed by atoms with Gasteiger partial charge in [0.1, 0.15) is 0 Å². The van der Waals surface area contributed by atoms with E-state index in [0.29, 0.717) is 0 Å². The van der Waals surface area contributed by atoms with Crippen LogP contribution in [0.4, 0.5) is 0 Å². The zero-order chi connectivity index (χ0) is 15.2. The number of hydrogen-bond donors (Lipinski definition) is 1. The molecule has 0 atom stereocenters. The highest BCUT2D eigenvalue weighted by molar-refractivity contribution is 7.25. The van der Waals surface area contributed by atoms with Gasteiger partial charge in [0.25, 0.3) is 0 Å². The molecule has 0 aromatic carbocycles. The predicted molar refractivity (Wildman–Crippen MR) is 101 cm³/mol. The Labute approximate surface area is 140 Å². The van der Waals surface area contributed by atoms with Crippen molar-refractivity contribution in [1.29, 1.82) is 0 Å². The smallest absolute Gasteiger partial charge is 0.0700 e. The van der Waals surface area contributed by atoms with E-state index in [1.165, 1.54) is 78.3 Å². The minimum absolute atomic E-state index is 0.852. The highest BCUT2D eigenvalue weighted by Crippen LogP contribution is 2.36. The van der Waals surface area contributed by atoms with E-state index in [1.807, 2.05) is 22.7 Å². The molecule has 0 saturated heterocycles. The first-order valence-corrected chi connectivity index (χ1v) is 10.3. The quantitative estimate of drug-likeness (QED) is 0.453.